The molecular formula is C12H23N3O5S. The van der Waals surface area contributed by atoms with Crippen LogP contribution in [0.4, 0.5) is 4.79 Å². The average Bonchev–Trinajstić information content (AvgIpc) is 2.71. The second kappa shape index (κ2) is 6.61. The summed E-state index contributed by atoms with van der Waals surface area (Å²) in [5.41, 5.74) is -0.827. The molecule has 2 atom stereocenters. The van der Waals surface area contributed by atoms with Gasteiger partial charge in [-0.3, -0.25) is 4.79 Å². The van der Waals surface area contributed by atoms with E-state index in [-0.39, 0.29) is 12.6 Å². The van der Waals surface area contributed by atoms with E-state index in [0.717, 1.165) is 12.7 Å². The number of hydrogen-bond acceptors (Lipinski definition) is 4. The fourth-order valence-corrected chi connectivity index (χ4v) is 3.56. The van der Waals surface area contributed by atoms with Crippen molar-refractivity contribution in [3.8, 4) is 0 Å². The van der Waals surface area contributed by atoms with Crippen molar-refractivity contribution in [1.29, 1.82) is 0 Å². The minimum atomic E-state index is -3.37. The van der Waals surface area contributed by atoms with Crippen LogP contribution in [0.2, 0.25) is 0 Å². The Hall–Kier alpha value is -1.35. The van der Waals surface area contributed by atoms with Gasteiger partial charge in [-0.05, 0) is 26.7 Å². The van der Waals surface area contributed by atoms with Gasteiger partial charge >= 0.3 is 12.0 Å². The maximum absolute atomic E-state index is 11.8. The number of carboxylic acids is 1. The molecule has 1 saturated carbocycles. The first-order valence-corrected chi connectivity index (χ1v) is 8.65. The zero-order chi connectivity index (χ0) is 16.3. The van der Waals surface area contributed by atoms with Crippen LogP contribution < -0.4 is 15.4 Å². The van der Waals surface area contributed by atoms with Crippen molar-refractivity contribution in [1.82, 2.24) is 15.4 Å². The Morgan fingerprint density at radius 3 is 2.43 bits per heavy atom. The minimum absolute atomic E-state index is 0.0936. The van der Waals surface area contributed by atoms with Crippen LogP contribution in [0.25, 0.3) is 0 Å². The molecule has 4 N–H and O–H groups in total. The largest absolute Gasteiger partial charge is 0.481 e. The van der Waals surface area contributed by atoms with Crippen LogP contribution in [0.3, 0.4) is 0 Å². The van der Waals surface area contributed by atoms with E-state index in [9.17, 15) is 18.0 Å². The maximum Gasteiger partial charge on any atom is 0.315 e. The van der Waals surface area contributed by atoms with Gasteiger partial charge in [-0.15, -0.1) is 0 Å². The standard InChI is InChI=1S/C12H23N3O5S/c1-12(2,15-21(3,19)20)7-13-11(18)14-9-6-4-5-8(9)10(16)17/h8-9,15H,4-7H2,1-3H3,(H,16,17)(H2,13,14,18). The van der Waals surface area contributed by atoms with Crippen molar-refractivity contribution in [2.24, 2.45) is 5.92 Å². The second-order valence-electron chi connectivity index (χ2n) is 6.07. The molecule has 0 radical (unpaired) electrons. The molecule has 0 heterocycles. The number of hydrogen-bond donors (Lipinski definition) is 4. The number of carbonyl (C=O) groups is 2. The Bertz CT molecular complexity index is 503. The zero-order valence-electron chi connectivity index (χ0n) is 12.5. The average molecular weight is 321 g/mol. The topological polar surface area (TPSA) is 125 Å². The van der Waals surface area contributed by atoms with Gasteiger partial charge in [0.1, 0.15) is 0 Å². The fraction of sp³-hybridized carbons (Fsp3) is 0.833. The van der Waals surface area contributed by atoms with E-state index in [0.29, 0.717) is 12.8 Å². The summed E-state index contributed by atoms with van der Waals surface area (Å²) < 4.78 is 24.8. The summed E-state index contributed by atoms with van der Waals surface area (Å²) in [5.74, 6) is -1.46. The van der Waals surface area contributed by atoms with Crippen LogP contribution in [-0.2, 0) is 14.8 Å². The lowest BCUT2D eigenvalue weighted by molar-refractivity contribution is -0.142. The van der Waals surface area contributed by atoms with Crippen molar-refractivity contribution in [3.05, 3.63) is 0 Å². The first kappa shape index (κ1) is 17.7. The van der Waals surface area contributed by atoms with Gasteiger partial charge in [0.05, 0.1) is 12.2 Å². The Morgan fingerprint density at radius 1 is 1.29 bits per heavy atom. The summed E-state index contributed by atoms with van der Waals surface area (Å²) in [5, 5.41) is 14.2. The zero-order valence-corrected chi connectivity index (χ0v) is 13.3. The Labute approximate surface area is 124 Å². The van der Waals surface area contributed by atoms with Crippen molar-refractivity contribution in [3.63, 3.8) is 0 Å². The lowest BCUT2D eigenvalue weighted by atomic mass is 10.0. The third-order valence-corrected chi connectivity index (χ3v) is 4.23. The summed E-state index contributed by atoms with van der Waals surface area (Å²) in [6.07, 6.45) is 3.00. The molecule has 0 aliphatic heterocycles. The van der Waals surface area contributed by atoms with Gasteiger partial charge in [-0.25, -0.2) is 17.9 Å². The number of urea groups is 1. The predicted molar refractivity (Wildman–Crippen MR) is 77.4 cm³/mol. The van der Waals surface area contributed by atoms with Gasteiger partial charge in [-0.2, -0.15) is 0 Å². The quantitative estimate of drug-likeness (QED) is 0.542. The van der Waals surface area contributed by atoms with Crippen molar-refractivity contribution < 1.29 is 23.1 Å². The first-order valence-electron chi connectivity index (χ1n) is 6.76. The molecule has 0 spiro atoms. The van der Waals surface area contributed by atoms with E-state index in [4.69, 9.17) is 5.11 Å². The smallest absolute Gasteiger partial charge is 0.315 e. The van der Waals surface area contributed by atoms with Crippen molar-refractivity contribution >= 4 is 22.0 Å². The normalized spacial score (nSPS) is 22.8. The maximum atomic E-state index is 11.8. The van der Waals surface area contributed by atoms with E-state index in [1.54, 1.807) is 13.8 Å². The highest BCUT2D eigenvalue weighted by Gasteiger charge is 2.34. The van der Waals surface area contributed by atoms with Gasteiger partial charge < -0.3 is 15.7 Å². The highest BCUT2D eigenvalue weighted by Crippen LogP contribution is 2.25. The van der Waals surface area contributed by atoms with Gasteiger partial charge in [0, 0.05) is 18.1 Å². The molecule has 0 saturated heterocycles. The number of rotatable bonds is 6. The molecule has 0 aromatic carbocycles. The summed E-state index contributed by atoms with van der Waals surface area (Å²) in [6, 6.07) is -0.870. The molecule has 0 bridgehead atoms. The first-order chi connectivity index (χ1) is 9.50. The molecule has 9 heteroatoms. The summed E-state index contributed by atoms with van der Waals surface area (Å²) in [6.45, 7) is 3.38. The van der Waals surface area contributed by atoms with Crippen LogP contribution in [0.1, 0.15) is 33.1 Å². The second-order valence-corrected chi connectivity index (χ2v) is 7.82. The van der Waals surface area contributed by atoms with E-state index in [2.05, 4.69) is 15.4 Å². The Kier molecular flexibility index (Phi) is 5.57. The van der Waals surface area contributed by atoms with E-state index in [1.165, 1.54) is 0 Å². The lowest BCUT2D eigenvalue weighted by Crippen LogP contribution is -2.54. The highest BCUT2D eigenvalue weighted by molar-refractivity contribution is 7.88. The highest BCUT2D eigenvalue weighted by atomic mass is 32.2. The summed E-state index contributed by atoms with van der Waals surface area (Å²) in [7, 11) is -3.37. The lowest BCUT2D eigenvalue weighted by Gasteiger charge is -2.26. The number of aliphatic carboxylic acids is 1. The monoisotopic (exact) mass is 321 g/mol. The third-order valence-electron chi connectivity index (χ3n) is 3.30. The number of carbonyl (C=O) groups excluding carboxylic acids is 1. The molecule has 1 fully saturated rings. The SMILES string of the molecule is CC(C)(CNC(=O)NC1CCCC1C(=O)O)NS(C)(=O)=O. The molecule has 2 unspecified atom stereocenters. The number of amides is 2. The van der Waals surface area contributed by atoms with Crippen LogP contribution in [0, 0.1) is 5.92 Å². The van der Waals surface area contributed by atoms with E-state index < -0.39 is 33.5 Å². The number of carboxylic acid groups (broad SMARTS) is 1. The van der Waals surface area contributed by atoms with Gasteiger partial charge in [0.15, 0.2) is 0 Å². The van der Waals surface area contributed by atoms with Crippen LogP contribution in [-0.4, -0.2) is 49.9 Å². The molecule has 0 aromatic rings. The van der Waals surface area contributed by atoms with E-state index >= 15 is 0 Å². The van der Waals surface area contributed by atoms with E-state index in [1.807, 2.05) is 0 Å². The van der Waals surface area contributed by atoms with Crippen molar-refractivity contribution in [2.45, 2.75) is 44.7 Å². The predicted octanol–water partition coefficient (Wildman–Crippen LogP) is -0.133. The van der Waals surface area contributed by atoms with Crippen molar-refractivity contribution in [2.75, 3.05) is 12.8 Å². The molecule has 8 nitrogen and oxygen atoms in total. The van der Waals surface area contributed by atoms with Gasteiger partial charge in [-0.1, -0.05) is 6.42 Å². The molecular weight excluding hydrogens is 298 g/mol. The number of sulfonamides is 1. The minimum Gasteiger partial charge on any atom is -0.481 e. The van der Waals surface area contributed by atoms with Crippen LogP contribution >= 0.6 is 0 Å². The van der Waals surface area contributed by atoms with Gasteiger partial charge in [0.2, 0.25) is 10.0 Å². The molecule has 1 aliphatic carbocycles. The Morgan fingerprint density at radius 2 is 1.90 bits per heavy atom. The molecule has 1 rings (SSSR count). The molecule has 21 heavy (non-hydrogen) atoms. The summed E-state index contributed by atoms with van der Waals surface area (Å²) >= 11 is 0. The molecule has 0 aromatic heterocycles. The molecule has 1 aliphatic rings. The fourth-order valence-electron chi connectivity index (χ4n) is 2.49. The third kappa shape index (κ3) is 6.30. The van der Waals surface area contributed by atoms with Crippen LogP contribution in [0.5, 0.6) is 0 Å². The summed E-state index contributed by atoms with van der Waals surface area (Å²) in [4.78, 5) is 22.8. The number of nitrogens with one attached hydrogen (secondary N) is 3. The Balaban J connectivity index is 2.46. The molecule has 2 amide bonds. The van der Waals surface area contributed by atoms with Gasteiger partial charge in [0.25, 0.3) is 0 Å². The molecule has 122 valence electrons. The van der Waals surface area contributed by atoms with Crippen LogP contribution in [0.15, 0.2) is 0 Å².